The van der Waals surface area contributed by atoms with Crippen LogP contribution >= 0.6 is 46.4 Å². The Morgan fingerprint density at radius 2 is 0.722 bits per heavy atom. The van der Waals surface area contributed by atoms with Crippen LogP contribution in [0.5, 0.6) is 28.7 Å². The van der Waals surface area contributed by atoms with Gasteiger partial charge in [0.15, 0.2) is 28.2 Å². The Balaban J connectivity index is 0.000000137. The number of ether oxygens (including phenoxy) is 8. The largest absolute Gasteiger partial charge is 0.508 e. The lowest BCUT2D eigenvalue weighted by molar-refractivity contribution is 0.109. The van der Waals surface area contributed by atoms with Gasteiger partial charge in [0.25, 0.3) is 0 Å². The highest BCUT2D eigenvalue weighted by Gasteiger charge is 2.30. The summed E-state index contributed by atoms with van der Waals surface area (Å²) in [5.74, 6) is 2.66. The molecule has 0 bridgehead atoms. The minimum atomic E-state index is -1.51. The fourth-order valence-electron chi connectivity index (χ4n) is 16.7. The van der Waals surface area contributed by atoms with Crippen molar-refractivity contribution in [3.63, 3.8) is 0 Å². The smallest absolute Gasteiger partial charge is 0.488 e. The van der Waals surface area contributed by atoms with Gasteiger partial charge in [-0.2, -0.15) is 25.5 Å². The van der Waals surface area contributed by atoms with Crippen molar-refractivity contribution in [2.75, 3.05) is 159 Å². The molecule has 21 rings (SSSR count). The lowest BCUT2D eigenvalue weighted by Gasteiger charge is -2.30. The molecule has 39 heteroatoms. The SMILES string of the molecule is C1COCCN1.Cc1nn(C(C)C)c2nc(-c3cccc(O)c3)cc(Cl)c12.Cc1nn(C(C)C)c2nc(-c3cccc(O)c3)cc(N3CCOCC3)c12.Cc1nn(C(C)C)c2nc(-c3cccc(OCC(O)CN)c3)cc(N3CCOCC3)c12.Cc1nn(C(C)C)c2nc(-c3cccc(OCC4CO4)c3)cc(N3CCOCC3)c12.Cc1nn(C(C)C)c2nc(Cl)cc(Cl)c12.ClCC1CO1.OB(O)c1cccc(O)c1. The zero-order valence-corrected chi connectivity index (χ0v) is 87.3. The summed E-state index contributed by atoms with van der Waals surface area (Å²) in [6.07, 6.45) is -0.0505. The van der Waals surface area contributed by atoms with Crippen molar-refractivity contribution in [2.24, 2.45) is 5.73 Å². The van der Waals surface area contributed by atoms with Gasteiger partial charge in [0.05, 0.1) is 183 Å². The summed E-state index contributed by atoms with van der Waals surface area (Å²) in [5, 5.41) is 88.4. The molecule has 10 aromatic heterocycles. The summed E-state index contributed by atoms with van der Waals surface area (Å²) in [5.41, 5.74) is 25.3. The van der Waals surface area contributed by atoms with Crippen LogP contribution in [0.25, 0.3) is 100 Å². The molecule has 0 spiro atoms. The third kappa shape index (κ3) is 27.8. The van der Waals surface area contributed by atoms with Gasteiger partial charge >= 0.3 is 7.12 Å². The van der Waals surface area contributed by atoms with Crippen molar-refractivity contribution >= 4 is 131 Å². The van der Waals surface area contributed by atoms with Crippen LogP contribution in [0.3, 0.4) is 0 Å². The van der Waals surface area contributed by atoms with Crippen LogP contribution in [0, 0.1) is 34.6 Å². The quantitative estimate of drug-likeness (QED) is 0.0143. The summed E-state index contributed by atoms with van der Waals surface area (Å²) < 4.78 is 53.0. The van der Waals surface area contributed by atoms with Crippen LogP contribution in [-0.4, -0.2) is 274 Å². The van der Waals surface area contributed by atoms with Crippen LogP contribution < -0.4 is 40.7 Å². The van der Waals surface area contributed by atoms with Crippen molar-refractivity contribution in [1.82, 2.24) is 79.1 Å². The number of aliphatic hydroxyl groups is 1. The highest BCUT2D eigenvalue weighted by molar-refractivity contribution is 6.58. The number of morpholine rings is 4. The highest BCUT2D eigenvalue weighted by Crippen LogP contribution is 2.42. The zero-order chi connectivity index (χ0) is 103. The van der Waals surface area contributed by atoms with Gasteiger partial charge in [-0.3, -0.25) is 0 Å². The van der Waals surface area contributed by atoms with E-state index >= 15 is 0 Å². The maximum absolute atomic E-state index is 9.88. The Bertz CT molecular complexity index is 6800. The van der Waals surface area contributed by atoms with E-state index in [1.807, 2.05) is 126 Å². The van der Waals surface area contributed by atoms with Crippen LogP contribution in [0.2, 0.25) is 15.2 Å². The minimum absolute atomic E-state index is 0.0330. The van der Waals surface area contributed by atoms with Gasteiger partial charge < -0.3 is 94.1 Å². The van der Waals surface area contributed by atoms with Crippen molar-refractivity contribution in [2.45, 2.75) is 152 Å². The summed E-state index contributed by atoms with van der Waals surface area (Å²) in [4.78, 5) is 31.0. The average Bonchev–Trinajstić information content (AvgIpc) is 1.60. The molecule has 3 unspecified atom stereocenters. The van der Waals surface area contributed by atoms with E-state index in [1.54, 1.807) is 42.5 Å². The number of aliphatic hydroxyl groups excluding tert-OH is 1. The van der Waals surface area contributed by atoms with Crippen molar-refractivity contribution in [3.8, 4) is 73.8 Å². The fraction of sp³-hybridized carbons (Fsp3) is 0.429. The number of phenolic OH excluding ortho intramolecular Hbond substituents is 3. The second kappa shape index (κ2) is 50.5. The van der Waals surface area contributed by atoms with Gasteiger partial charge in [-0.05, 0) is 200 Å². The third-order valence-corrected chi connectivity index (χ3v) is 25.3. The Hall–Kier alpha value is -11.6. The summed E-state index contributed by atoms with van der Waals surface area (Å²) in [7, 11) is -1.51. The lowest BCUT2D eigenvalue weighted by Crippen LogP contribution is -2.36. The molecule has 5 aromatic carbocycles. The molecule has 0 saturated carbocycles. The van der Waals surface area contributed by atoms with E-state index in [2.05, 4.69) is 128 Å². The molecule has 16 heterocycles. The Morgan fingerprint density at radius 3 is 1.03 bits per heavy atom. The number of anilines is 3. The van der Waals surface area contributed by atoms with Crippen molar-refractivity contribution in [3.05, 3.63) is 195 Å². The van der Waals surface area contributed by atoms with Crippen molar-refractivity contribution in [1.29, 1.82) is 0 Å². The number of hydrogen-bond acceptors (Lipinski definition) is 29. The molecule has 6 aliphatic heterocycles. The molecular weight excluding hydrogens is 1920 g/mol. The summed E-state index contributed by atoms with van der Waals surface area (Å²) in [6.45, 7) is 46.9. The molecule has 6 saturated heterocycles. The molecule has 34 nitrogen and oxygen atoms in total. The topological polar surface area (TPSA) is 403 Å². The summed E-state index contributed by atoms with van der Waals surface area (Å²) in [6, 6.07) is 47.0. The van der Waals surface area contributed by atoms with Gasteiger partial charge in [-0.15, -0.1) is 11.6 Å². The molecule has 0 radical (unpaired) electrons. The minimum Gasteiger partial charge on any atom is -0.508 e. The van der Waals surface area contributed by atoms with Crippen molar-refractivity contribution < 1.29 is 68.4 Å². The van der Waals surface area contributed by atoms with Crippen LogP contribution in [0.4, 0.5) is 17.1 Å². The van der Waals surface area contributed by atoms with Gasteiger partial charge in [0, 0.05) is 111 Å². The number of nitrogens with two attached hydrogens (primary N) is 1. The molecule has 766 valence electrons. The van der Waals surface area contributed by atoms with Gasteiger partial charge in [-0.1, -0.05) is 95.5 Å². The molecule has 0 amide bonds. The number of nitrogens with zero attached hydrogens (tertiary/aromatic N) is 18. The number of halogens is 4. The lowest BCUT2D eigenvalue weighted by atomic mass is 9.80. The first-order valence-electron chi connectivity index (χ1n) is 48.8. The van der Waals surface area contributed by atoms with E-state index < -0.39 is 13.2 Å². The predicted octanol–water partition coefficient (Wildman–Crippen LogP) is 16.9. The van der Waals surface area contributed by atoms with Gasteiger partial charge in [-0.25, -0.2) is 48.3 Å². The molecule has 15 aromatic rings. The van der Waals surface area contributed by atoms with E-state index in [0.717, 1.165) is 251 Å². The highest BCUT2D eigenvalue weighted by atomic mass is 35.5. The number of aromatic hydroxyl groups is 3. The Morgan fingerprint density at radius 1 is 0.403 bits per heavy atom. The number of nitrogens with one attached hydrogen (secondary N) is 1. The number of rotatable bonds is 21. The number of benzene rings is 5. The monoisotopic (exact) mass is 2050 g/mol. The van der Waals surface area contributed by atoms with Gasteiger partial charge in [0.1, 0.15) is 59.3 Å². The molecular formula is C105H131BCl4N20O14. The third-order valence-electron chi connectivity index (χ3n) is 24.2. The second-order valence-corrected chi connectivity index (χ2v) is 38.5. The maximum atomic E-state index is 9.88. The standard InChI is InChI=1S/C23H31N5O3.C23H28N4O3.C20H24N4O2.C16H16ClN3O.C10H11Cl2N3.C6H7BO3.C4H9NO.C3H5ClO/c1-15(2)28-23-22(16(3)26-28)21(27-7-9-30-10-8-27)12-20(25-23)17-5-4-6-19(11-17)31-14-18(29)13-24;1-15(2)27-23-22(16(3)25-27)21(26-7-9-28-10-8-26)12-20(24-23)17-5-4-6-18(11-17)29-13-19-14-30-19;1-13(2)24-20-19(14(3)22-24)18(23-7-9-26-10-8-23)12-17(21-20)15-5-4-6-16(25)11-15;1-9(2)20-16-15(10(3)19-20)13(17)8-14(18-16)11-5-4-6-12(21)7-11;1-5(2)15-10-9(6(3)14-15)7(11)4-8(12)13-10;8-6-3-1-2-5(4-6)7(9)10;1-3-6-4-2-5-1;4-1-3-2-5-3/h4-6,11-12,15,18,29H,7-10,13-14,24H2,1-3H3;4-6,11-12,15,19H,7-10,13-14H2,1-3H3;4-6,11-13,25H,7-10H2,1-3H3;4-9,21H,1-3H3;4-5H,1-3H3;1-4,8-10H;5H,1-4H2;3H,1-2H2. The van der Waals surface area contributed by atoms with E-state index in [4.69, 9.17) is 140 Å². The maximum Gasteiger partial charge on any atom is 0.488 e. The van der Waals surface area contributed by atoms with Crippen LogP contribution in [0.15, 0.2) is 152 Å². The Labute approximate surface area is 859 Å². The summed E-state index contributed by atoms with van der Waals surface area (Å²) >= 11 is 23.7. The number of pyridine rings is 5. The number of hydrogen-bond donors (Lipinski definition) is 8. The van der Waals surface area contributed by atoms with E-state index in [0.29, 0.717) is 58.2 Å². The molecule has 6 aliphatic rings. The normalized spacial score (nSPS) is 15.8. The number of fused-ring (bicyclic) bond motifs is 5. The van der Waals surface area contributed by atoms with E-state index in [-0.39, 0.29) is 66.7 Å². The first-order valence-corrected chi connectivity index (χ1v) is 50.5. The number of phenols is 3. The van der Waals surface area contributed by atoms with Crippen LogP contribution in [0.1, 0.15) is 128 Å². The number of aromatic nitrogens is 15. The fourth-order valence-corrected chi connectivity index (χ4v) is 17.8. The number of alkyl halides is 1. The molecule has 0 aliphatic carbocycles. The molecule has 3 atom stereocenters. The van der Waals surface area contributed by atoms with Crippen LogP contribution in [-0.2, 0) is 28.4 Å². The molecule has 9 N–H and O–H groups in total. The Kier molecular flexibility index (Phi) is 37.9. The second-order valence-electron chi connectivity index (χ2n) is 37.0. The first kappa shape index (κ1) is 108. The van der Waals surface area contributed by atoms with E-state index in [9.17, 15) is 15.3 Å². The number of aryl methyl sites for hydroxylation is 5. The van der Waals surface area contributed by atoms with Gasteiger partial charge in [0.2, 0.25) is 0 Å². The zero-order valence-electron chi connectivity index (χ0n) is 84.3. The van der Waals surface area contributed by atoms with E-state index in [1.165, 1.54) is 23.9 Å². The average molecular weight is 2050 g/mol. The first-order chi connectivity index (χ1) is 69.2. The number of epoxide rings is 2. The molecule has 144 heavy (non-hydrogen) atoms. The predicted molar refractivity (Wildman–Crippen MR) is 570 cm³/mol. The molecule has 6 fully saturated rings.